The number of rotatable bonds is 7. The van der Waals surface area contributed by atoms with Crippen molar-refractivity contribution in [3.63, 3.8) is 0 Å². The summed E-state index contributed by atoms with van der Waals surface area (Å²) in [6.45, 7) is 0. The summed E-state index contributed by atoms with van der Waals surface area (Å²) in [7, 11) is -3.97. The van der Waals surface area contributed by atoms with Crippen molar-refractivity contribution < 1.29 is 22.4 Å². The van der Waals surface area contributed by atoms with Crippen molar-refractivity contribution >= 4 is 21.5 Å². The van der Waals surface area contributed by atoms with Crippen LogP contribution in [0, 0.1) is 5.82 Å². The maximum atomic E-state index is 12.9. The molecule has 0 saturated carbocycles. The average molecular weight is 349 g/mol. The molecular weight excluding hydrogens is 333 g/mol. The van der Waals surface area contributed by atoms with Gasteiger partial charge in [-0.25, -0.2) is 12.8 Å². The Bertz CT molecular complexity index is 833. The van der Waals surface area contributed by atoms with Crippen LogP contribution in [0.15, 0.2) is 59.5 Å². The molecule has 24 heavy (non-hydrogen) atoms. The molecule has 0 radical (unpaired) electrons. The largest absolute Gasteiger partial charge is 0.369 e. The maximum Gasteiger partial charge on any atom is 0.236 e. The molecule has 0 heterocycles. The van der Waals surface area contributed by atoms with Crippen molar-refractivity contribution in [2.45, 2.75) is 23.0 Å². The molecule has 2 aromatic carbocycles. The molecule has 0 aliphatic carbocycles. The number of sulfone groups is 1. The van der Waals surface area contributed by atoms with E-state index in [0.29, 0.717) is 0 Å². The fraction of sp³-hybridized carbons (Fsp3) is 0.176. The Labute approximate surface area is 139 Å². The third-order valence-electron chi connectivity index (χ3n) is 3.56. The molecule has 0 aliphatic rings. The van der Waals surface area contributed by atoms with Gasteiger partial charge < -0.3 is 5.73 Å². The summed E-state index contributed by atoms with van der Waals surface area (Å²) in [6, 6.07) is 12.4. The lowest BCUT2D eigenvalue weighted by Crippen LogP contribution is -2.36. The van der Waals surface area contributed by atoms with Gasteiger partial charge in [-0.15, -0.1) is 0 Å². The van der Waals surface area contributed by atoms with Crippen molar-refractivity contribution in [2.24, 2.45) is 5.73 Å². The summed E-state index contributed by atoms with van der Waals surface area (Å²) in [5.41, 5.74) is 5.47. The molecule has 1 atom stereocenters. The zero-order valence-corrected chi connectivity index (χ0v) is 13.5. The minimum atomic E-state index is -3.97. The molecule has 7 heteroatoms. The summed E-state index contributed by atoms with van der Waals surface area (Å²) >= 11 is 0. The molecule has 0 fully saturated rings. The monoisotopic (exact) mass is 349 g/mol. The lowest BCUT2D eigenvalue weighted by molar-refractivity contribution is -0.117. The van der Waals surface area contributed by atoms with Crippen LogP contribution >= 0.6 is 0 Å². The van der Waals surface area contributed by atoms with Crippen molar-refractivity contribution in [1.82, 2.24) is 0 Å². The highest BCUT2D eigenvalue weighted by Crippen LogP contribution is 2.20. The second kappa shape index (κ2) is 7.35. The Kier molecular flexibility index (Phi) is 5.46. The van der Waals surface area contributed by atoms with Crippen LogP contribution in [-0.4, -0.2) is 25.4 Å². The SMILES string of the molecule is NC(=O)C(CCC(=O)c1ccc(F)cc1)S(=O)(=O)c1ccccc1. The Morgan fingerprint density at radius 2 is 1.58 bits per heavy atom. The van der Waals surface area contributed by atoms with Gasteiger partial charge in [0.1, 0.15) is 11.1 Å². The average Bonchev–Trinajstić information content (AvgIpc) is 2.55. The molecule has 0 aromatic heterocycles. The summed E-state index contributed by atoms with van der Waals surface area (Å²) in [5, 5.41) is -1.50. The van der Waals surface area contributed by atoms with Gasteiger partial charge in [0, 0.05) is 12.0 Å². The van der Waals surface area contributed by atoms with Crippen LogP contribution in [0.5, 0.6) is 0 Å². The Balaban J connectivity index is 2.16. The third kappa shape index (κ3) is 4.05. The van der Waals surface area contributed by atoms with E-state index in [1.54, 1.807) is 6.07 Å². The fourth-order valence-corrected chi connectivity index (χ4v) is 3.87. The van der Waals surface area contributed by atoms with Gasteiger partial charge in [-0.2, -0.15) is 0 Å². The fourth-order valence-electron chi connectivity index (χ4n) is 2.27. The molecule has 2 aromatic rings. The van der Waals surface area contributed by atoms with Crippen LogP contribution in [0.2, 0.25) is 0 Å². The summed E-state index contributed by atoms with van der Waals surface area (Å²) < 4.78 is 37.9. The van der Waals surface area contributed by atoms with Crippen molar-refractivity contribution in [2.75, 3.05) is 0 Å². The van der Waals surface area contributed by atoms with Crippen molar-refractivity contribution in [3.05, 3.63) is 66.0 Å². The zero-order valence-electron chi connectivity index (χ0n) is 12.7. The number of halogens is 1. The van der Waals surface area contributed by atoms with E-state index in [1.165, 1.54) is 36.4 Å². The molecular formula is C17H16FNO4S. The first-order valence-electron chi connectivity index (χ1n) is 7.19. The van der Waals surface area contributed by atoms with Crippen LogP contribution < -0.4 is 5.73 Å². The van der Waals surface area contributed by atoms with Crippen molar-refractivity contribution in [3.8, 4) is 0 Å². The van der Waals surface area contributed by atoms with E-state index in [1.807, 2.05) is 0 Å². The number of primary amides is 1. The highest BCUT2D eigenvalue weighted by atomic mass is 32.2. The molecule has 2 rings (SSSR count). The highest BCUT2D eigenvalue weighted by molar-refractivity contribution is 7.92. The van der Waals surface area contributed by atoms with Gasteiger partial charge in [0.05, 0.1) is 4.90 Å². The van der Waals surface area contributed by atoms with Gasteiger partial charge in [0.25, 0.3) is 0 Å². The van der Waals surface area contributed by atoms with Crippen LogP contribution in [0.25, 0.3) is 0 Å². The minimum absolute atomic E-state index is 0.0250. The quantitative estimate of drug-likeness (QED) is 0.775. The topological polar surface area (TPSA) is 94.3 Å². The first-order chi connectivity index (χ1) is 11.3. The van der Waals surface area contributed by atoms with E-state index in [4.69, 9.17) is 5.73 Å². The summed E-state index contributed by atoms with van der Waals surface area (Å²) in [6.07, 6.45) is -0.423. The molecule has 0 spiro atoms. The molecule has 1 amide bonds. The molecule has 2 N–H and O–H groups in total. The van der Waals surface area contributed by atoms with Gasteiger partial charge in [-0.1, -0.05) is 18.2 Å². The van der Waals surface area contributed by atoms with Gasteiger partial charge >= 0.3 is 0 Å². The predicted molar refractivity (Wildman–Crippen MR) is 86.6 cm³/mol. The molecule has 1 unspecified atom stereocenters. The normalized spacial score (nSPS) is 12.5. The van der Waals surface area contributed by atoms with Gasteiger partial charge in [0.15, 0.2) is 15.6 Å². The number of hydrogen-bond acceptors (Lipinski definition) is 4. The minimum Gasteiger partial charge on any atom is -0.369 e. The molecule has 0 saturated heterocycles. The summed E-state index contributed by atoms with van der Waals surface area (Å²) in [4.78, 5) is 23.6. The van der Waals surface area contributed by atoms with Crippen LogP contribution in [-0.2, 0) is 14.6 Å². The van der Waals surface area contributed by atoms with Gasteiger partial charge in [0.2, 0.25) is 5.91 Å². The summed E-state index contributed by atoms with van der Waals surface area (Å²) in [5.74, 6) is -1.87. The van der Waals surface area contributed by atoms with Gasteiger partial charge in [-0.05, 0) is 42.8 Å². The van der Waals surface area contributed by atoms with E-state index in [-0.39, 0.29) is 29.1 Å². The Morgan fingerprint density at radius 1 is 1.00 bits per heavy atom. The van der Waals surface area contributed by atoms with E-state index in [2.05, 4.69) is 0 Å². The molecule has 0 bridgehead atoms. The number of Topliss-reactive ketones (excluding diaryl/α,β-unsaturated/α-hetero) is 1. The molecule has 5 nitrogen and oxygen atoms in total. The Hall–Kier alpha value is -2.54. The first kappa shape index (κ1) is 17.8. The lowest BCUT2D eigenvalue weighted by atomic mass is 10.1. The van der Waals surface area contributed by atoms with Crippen LogP contribution in [0.4, 0.5) is 4.39 Å². The smallest absolute Gasteiger partial charge is 0.236 e. The predicted octanol–water partition coefficient (Wildman–Crippen LogP) is 2.12. The highest BCUT2D eigenvalue weighted by Gasteiger charge is 2.32. The standard InChI is InChI=1S/C17H16FNO4S/c18-13-8-6-12(7-9-13)15(20)10-11-16(17(19)21)24(22,23)14-4-2-1-3-5-14/h1-9,16H,10-11H2,(H2,19,21). The van der Waals surface area contributed by atoms with Crippen LogP contribution in [0.1, 0.15) is 23.2 Å². The van der Waals surface area contributed by atoms with Crippen molar-refractivity contribution in [1.29, 1.82) is 0 Å². The zero-order chi connectivity index (χ0) is 17.7. The van der Waals surface area contributed by atoms with E-state index >= 15 is 0 Å². The number of carbonyl (C=O) groups is 2. The molecule has 126 valence electrons. The van der Waals surface area contributed by atoms with E-state index < -0.39 is 26.8 Å². The van der Waals surface area contributed by atoms with E-state index in [9.17, 15) is 22.4 Å². The number of hydrogen-bond donors (Lipinski definition) is 1. The number of carbonyl (C=O) groups excluding carboxylic acids is 2. The van der Waals surface area contributed by atoms with Gasteiger partial charge in [-0.3, -0.25) is 9.59 Å². The third-order valence-corrected chi connectivity index (χ3v) is 5.71. The number of benzene rings is 2. The lowest BCUT2D eigenvalue weighted by Gasteiger charge is -2.14. The number of amides is 1. The molecule has 0 aliphatic heterocycles. The Morgan fingerprint density at radius 3 is 2.12 bits per heavy atom. The number of nitrogens with two attached hydrogens (primary N) is 1. The maximum absolute atomic E-state index is 12.9. The second-order valence-corrected chi connectivity index (χ2v) is 7.35. The van der Waals surface area contributed by atoms with Crippen LogP contribution in [0.3, 0.4) is 0 Å². The second-order valence-electron chi connectivity index (χ2n) is 5.22. The number of ketones is 1. The van der Waals surface area contributed by atoms with E-state index in [0.717, 1.165) is 12.1 Å². The first-order valence-corrected chi connectivity index (χ1v) is 8.74.